The second kappa shape index (κ2) is 10.4. The standard InChI is InChI=1S/C25H22ClN5O4/c1-16-9-10-19(13-21(16)26)31-25(34)30(15-17-6-5-8-20(12-17)35-2)24(33)22(29-31)23(32)28-14-18-7-3-4-11-27-18/h3-13H,14-15H2,1-2H3,(H,28,32). The first-order chi connectivity index (χ1) is 16.9. The van der Waals surface area contributed by atoms with Gasteiger partial charge in [-0.1, -0.05) is 35.9 Å². The van der Waals surface area contributed by atoms with Crippen LogP contribution in [-0.2, 0) is 13.1 Å². The first-order valence-corrected chi connectivity index (χ1v) is 11.1. The van der Waals surface area contributed by atoms with Crippen LogP contribution < -0.4 is 21.3 Å². The number of rotatable bonds is 7. The average molecular weight is 492 g/mol. The molecule has 0 saturated heterocycles. The summed E-state index contributed by atoms with van der Waals surface area (Å²) in [6.45, 7) is 1.83. The fourth-order valence-corrected chi connectivity index (χ4v) is 3.56. The number of nitrogens with one attached hydrogen (secondary N) is 1. The molecule has 178 valence electrons. The molecule has 0 atom stereocenters. The van der Waals surface area contributed by atoms with Crippen LogP contribution in [0.25, 0.3) is 5.69 Å². The van der Waals surface area contributed by atoms with Gasteiger partial charge in [-0.05, 0) is 54.4 Å². The number of aryl methyl sites for hydroxylation is 1. The molecule has 0 aliphatic heterocycles. The van der Waals surface area contributed by atoms with E-state index < -0.39 is 22.9 Å². The minimum atomic E-state index is -0.814. The number of carbonyl (C=O) groups excluding carboxylic acids is 1. The van der Waals surface area contributed by atoms with Crippen molar-refractivity contribution in [3.8, 4) is 11.4 Å². The predicted octanol–water partition coefficient (Wildman–Crippen LogP) is 2.74. The molecule has 2 aromatic heterocycles. The Morgan fingerprint density at radius 3 is 2.63 bits per heavy atom. The van der Waals surface area contributed by atoms with Crippen LogP contribution in [-0.4, -0.2) is 32.3 Å². The third kappa shape index (κ3) is 5.30. The smallest absolute Gasteiger partial charge is 0.352 e. The molecule has 2 aromatic carbocycles. The zero-order valence-electron chi connectivity index (χ0n) is 19.1. The topological polar surface area (TPSA) is 108 Å². The highest BCUT2D eigenvalue weighted by molar-refractivity contribution is 6.31. The van der Waals surface area contributed by atoms with Gasteiger partial charge in [0.15, 0.2) is 0 Å². The molecule has 0 unspecified atom stereocenters. The molecule has 9 nitrogen and oxygen atoms in total. The maximum atomic E-state index is 13.3. The number of aromatic nitrogens is 4. The van der Waals surface area contributed by atoms with Crippen LogP contribution in [0.4, 0.5) is 0 Å². The van der Waals surface area contributed by atoms with Gasteiger partial charge in [-0.3, -0.25) is 19.1 Å². The van der Waals surface area contributed by atoms with E-state index in [4.69, 9.17) is 16.3 Å². The number of methoxy groups -OCH3 is 1. The molecular weight excluding hydrogens is 470 g/mol. The van der Waals surface area contributed by atoms with Gasteiger partial charge in [0, 0.05) is 11.2 Å². The highest BCUT2D eigenvalue weighted by atomic mass is 35.5. The predicted molar refractivity (Wildman–Crippen MR) is 131 cm³/mol. The summed E-state index contributed by atoms with van der Waals surface area (Å²) in [5, 5.41) is 7.18. The van der Waals surface area contributed by atoms with Gasteiger partial charge >= 0.3 is 5.69 Å². The van der Waals surface area contributed by atoms with E-state index in [-0.39, 0.29) is 13.1 Å². The van der Waals surface area contributed by atoms with Crippen LogP contribution in [0.3, 0.4) is 0 Å². The zero-order chi connectivity index (χ0) is 24.9. The molecule has 2 heterocycles. The van der Waals surface area contributed by atoms with E-state index in [9.17, 15) is 14.4 Å². The Labute approximate surface area is 205 Å². The van der Waals surface area contributed by atoms with E-state index >= 15 is 0 Å². The van der Waals surface area contributed by atoms with Gasteiger partial charge in [0.05, 0.1) is 31.6 Å². The molecule has 1 N–H and O–H groups in total. The Morgan fingerprint density at radius 1 is 1.09 bits per heavy atom. The number of nitrogens with zero attached hydrogens (tertiary/aromatic N) is 4. The fourth-order valence-electron chi connectivity index (χ4n) is 3.39. The summed E-state index contributed by atoms with van der Waals surface area (Å²) in [5.74, 6) is -0.157. The number of benzene rings is 2. The second-order valence-electron chi connectivity index (χ2n) is 7.72. The van der Waals surface area contributed by atoms with E-state index in [0.29, 0.717) is 27.7 Å². The minimum Gasteiger partial charge on any atom is -0.497 e. The SMILES string of the molecule is COc1cccc(Cn2c(=O)c(C(=O)NCc3ccccn3)nn(-c3ccc(C)c(Cl)c3)c2=O)c1. The van der Waals surface area contributed by atoms with Gasteiger partial charge < -0.3 is 10.1 Å². The van der Waals surface area contributed by atoms with E-state index in [1.807, 2.05) is 6.92 Å². The molecule has 1 amide bonds. The summed E-state index contributed by atoms with van der Waals surface area (Å²) in [5.41, 5.74) is 0.425. The van der Waals surface area contributed by atoms with Crippen LogP contribution in [0.1, 0.15) is 27.3 Å². The molecule has 4 rings (SSSR count). The molecule has 0 aliphatic rings. The summed E-state index contributed by atoms with van der Waals surface area (Å²) in [6, 6.07) is 17.2. The Hall–Kier alpha value is -4.24. The van der Waals surface area contributed by atoms with E-state index in [2.05, 4.69) is 15.4 Å². The summed E-state index contributed by atoms with van der Waals surface area (Å²) >= 11 is 6.26. The maximum Gasteiger partial charge on any atom is 0.352 e. The third-order valence-corrected chi connectivity index (χ3v) is 5.71. The molecule has 0 spiro atoms. The number of hydrogen-bond donors (Lipinski definition) is 1. The quantitative estimate of drug-likeness (QED) is 0.426. The van der Waals surface area contributed by atoms with Crippen molar-refractivity contribution in [3.63, 3.8) is 0 Å². The van der Waals surface area contributed by atoms with Crippen LogP contribution in [0.5, 0.6) is 5.75 Å². The maximum absolute atomic E-state index is 13.3. The van der Waals surface area contributed by atoms with Crippen molar-refractivity contribution in [1.82, 2.24) is 24.6 Å². The number of hydrogen-bond acceptors (Lipinski definition) is 6. The normalized spacial score (nSPS) is 10.7. The molecule has 4 aromatic rings. The van der Waals surface area contributed by atoms with Crippen molar-refractivity contribution in [2.24, 2.45) is 0 Å². The van der Waals surface area contributed by atoms with Gasteiger partial charge in [-0.2, -0.15) is 9.78 Å². The molecule has 10 heteroatoms. The largest absolute Gasteiger partial charge is 0.497 e. The molecule has 0 aliphatic carbocycles. The van der Waals surface area contributed by atoms with E-state index in [1.165, 1.54) is 7.11 Å². The van der Waals surface area contributed by atoms with Crippen molar-refractivity contribution < 1.29 is 9.53 Å². The first kappa shape index (κ1) is 23.9. The van der Waals surface area contributed by atoms with Gasteiger partial charge in [0.25, 0.3) is 11.5 Å². The van der Waals surface area contributed by atoms with Crippen molar-refractivity contribution in [2.45, 2.75) is 20.0 Å². The lowest BCUT2D eigenvalue weighted by Crippen LogP contribution is -2.46. The van der Waals surface area contributed by atoms with Crippen molar-refractivity contribution in [2.75, 3.05) is 7.11 Å². The van der Waals surface area contributed by atoms with Crippen molar-refractivity contribution in [3.05, 3.63) is 115 Å². The lowest BCUT2D eigenvalue weighted by atomic mass is 10.2. The van der Waals surface area contributed by atoms with E-state index in [1.54, 1.807) is 66.9 Å². The summed E-state index contributed by atoms with van der Waals surface area (Å²) in [4.78, 5) is 43.7. The highest BCUT2D eigenvalue weighted by Gasteiger charge is 2.21. The minimum absolute atomic E-state index is 0.0858. The number of halogens is 1. The van der Waals surface area contributed by atoms with Crippen LogP contribution in [0.2, 0.25) is 5.02 Å². The number of ether oxygens (including phenoxy) is 1. The van der Waals surface area contributed by atoms with Gasteiger partial charge in [-0.15, -0.1) is 0 Å². The number of amides is 1. The third-order valence-electron chi connectivity index (χ3n) is 5.31. The molecule has 0 saturated carbocycles. The summed E-state index contributed by atoms with van der Waals surface area (Å²) < 4.78 is 7.20. The van der Waals surface area contributed by atoms with E-state index in [0.717, 1.165) is 14.8 Å². The Bertz CT molecular complexity index is 1500. The Kier molecular flexibility index (Phi) is 7.07. The van der Waals surface area contributed by atoms with Gasteiger partial charge in [0.1, 0.15) is 5.75 Å². The van der Waals surface area contributed by atoms with Gasteiger partial charge in [0.2, 0.25) is 5.69 Å². The molecule has 0 radical (unpaired) electrons. The highest BCUT2D eigenvalue weighted by Crippen LogP contribution is 2.18. The van der Waals surface area contributed by atoms with Crippen LogP contribution in [0, 0.1) is 6.92 Å². The van der Waals surface area contributed by atoms with Crippen LogP contribution >= 0.6 is 11.6 Å². The Morgan fingerprint density at radius 2 is 1.91 bits per heavy atom. The number of carbonyl (C=O) groups is 1. The second-order valence-corrected chi connectivity index (χ2v) is 8.13. The zero-order valence-corrected chi connectivity index (χ0v) is 19.8. The summed E-state index contributed by atoms with van der Waals surface area (Å²) in [7, 11) is 1.52. The first-order valence-electron chi connectivity index (χ1n) is 10.7. The van der Waals surface area contributed by atoms with Crippen molar-refractivity contribution >= 4 is 17.5 Å². The number of pyridine rings is 1. The lowest BCUT2D eigenvalue weighted by Gasteiger charge is -2.13. The fraction of sp³-hybridized carbons (Fsp3) is 0.160. The average Bonchev–Trinajstić information content (AvgIpc) is 2.87. The monoisotopic (exact) mass is 491 g/mol. The Balaban J connectivity index is 1.80. The van der Waals surface area contributed by atoms with Crippen LogP contribution in [0.15, 0.2) is 76.4 Å². The molecular formula is C25H22ClN5O4. The summed E-state index contributed by atoms with van der Waals surface area (Å²) in [6.07, 6.45) is 1.60. The van der Waals surface area contributed by atoms with Gasteiger partial charge in [-0.25, -0.2) is 4.79 Å². The molecule has 0 fully saturated rings. The molecule has 35 heavy (non-hydrogen) atoms. The molecule has 0 bridgehead atoms. The lowest BCUT2D eigenvalue weighted by molar-refractivity contribution is 0.0940. The van der Waals surface area contributed by atoms with Crippen molar-refractivity contribution in [1.29, 1.82) is 0 Å².